The van der Waals surface area contributed by atoms with Gasteiger partial charge in [-0.15, -0.1) is 0 Å². The van der Waals surface area contributed by atoms with Crippen LogP contribution in [0.15, 0.2) is 39.6 Å². The minimum absolute atomic E-state index is 0.00442. The average molecular weight is 311 g/mol. The van der Waals surface area contributed by atoms with Gasteiger partial charge in [0.2, 0.25) is 10.0 Å². The first-order valence-corrected chi connectivity index (χ1v) is 7.53. The summed E-state index contributed by atoms with van der Waals surface area (Å²) in [6, 6.07) is 9.27. The van der Waals surface area contributed by atoms with Crippen LogP contribution in [0.25, 0.3) is 0 Å². The minimum Gasteiger partial charge on any atom is -0.465 e. The van der Waals surface area contributed by atoms with Crippen molar-refractivity contribution in [3.8, 4) is 6.07 Å². The Balaban J connectivity index is 2.18. The molecule has 0 saturated carbocycles. The van der Waals surface area contributed by atoms with Crippen LogP contribution in [0.2, 0.25) is 5.02 Å². The highest BCUT2D eigenvalue weighted by Crippen LogP contribution is 2.20. The molecule has 0 aliphatic rings. The van der Waals surface area contributed by atoms with Crippen molar-refractivity contribution in [2.24, 2.45) is 0 Å². The molecule has 0 spiro atoms. The Morgan fingerprint density at radius 3 is 2.65 bits per heavy atom. The second kappa shape index (κ2) is 5.67. The molecule has 0 fully saturated rings. The SMILES string of the molecule is Cc1ccc(CNS(=O)(=O)c2ccc(C#N)c(Cl)c2)o1. The van der Waals surface area contributed by atoms with Crippen LogP contribution in [0.1, 0.15) is 17.1 Å². The largest absolute Gasteiger partial charge is 0.465 e. The van der Waals surface area contributed by atoms with Crippen molar-refractivity contribution in [1.29, 1.82) is 5.26 Å². The van der Waals surface area contributed by atoms with Crippen molar-refractivity contribution in [3.05, 3.63) is 52.4 Å². The molecule has 1 heterocycles. The van der Waals surface area contributed by atoms with Crippen molar-refractivity contribution in [1.82, 2.24) is 4.72 Å². The van der Waals surface area contributed by atoms with Gasteiger partial charge in [-0.05, 0) is 37.3 Å². The van der Waals surface area contributed by atoms with Gasteiger partial charge in [0.15, 0.2) is 0 Å². The molecule has 1 aromatic heterocycles. The zero-order chi connectivity index (χ0) is 14.8. The Morgan fingerprint density at radius 1 is 1.35 bits per heavy atom. The highest BCUT2D eigenvalue weighted by atomic mass is 35.5. The summed E-state index contributed by atoms with van der Waals surface area (Å²) in [6.45, 7) is 1.83. The lowest BCUT2D eigenvalue weighted by Gasteiger charge is -2.06. The van der Waals surface area contributed by atoms with Crippen LogP contribution in [0, 0.1) is 18.3 Å². The van der Waals surface area contributed by atoms with Crippen molar-refractivity contribution < 1.29 is 12.8 Å². The molecule has 1 aromatic carbocycles. The number of hydrogen-bond acceptors (Lipinski definition) is 4. The molecule has 20 heavy (non-hydrogen) atoms. The molecule has 0 unspecified atom stereocenters. The van der Waals surface area contributed by atoms with E-state index in [1.807, 2.05) is 6.07 Å². The van der Waals surface area contributed by atoms with Crippen molar-refractivity contribution in [2.45, 2.75) is 18.4 Å². The standard InChI is InChI=1S/C13H11ClN2O3S/c1-9-2-4-11(19-9)8-16-20(17,18)12-5-3-10(7-15)13(14)6-12/h2-6,16H,8H2,1H3. The molecule has 0 aliphatic heterocycles. The van der Waals surface area contributed by atoms with Gasteiger partial charge < -0.3 is 4.42 Å². The fourth-order valence-corrected chi connectivity index (χ4v) is 2.89. The highest BCUT2D eigenvalue weighted by molar-refractivity contribution is 7.89. The number of halogens is 1. The van der Waals surface area contributed by atoms with Gasteiger partial charge in [-0.1, -0.05) is 11.6 Å². The topological polar surface area (TPSA) is 83.1 Å². The quantitative estimate of drug-likeness (QED) is 0.940. The van der Waals surface area contributed by atoms with Crippen LogP contribution in [-0.2, 0) is 16.6 Å². The molecule has 0 atom stereocenters. The Bertz CT molecular complexity index is 775. The summed E-state index contributed by atoms with van der Waals surface area (Å²) in [5.74, 6) is 1.23. The summed E-state index contributed by atoms with van der Waals surface area (Å²) in [5, 5.41) is 8.86. The predicted octanol–water partition coefficient (Wildman–Crippen LogP) is 2.59. The fourth-order valence-electron chi connectivity index (χ4n) is 1.58. The van der Waals surface area contributed by atoms with E-state index >= 15 is 0 Å². The second-order valence-corrected chi connectivity index (χ2v) is 6.26. The maximum atomic E-state index is 12.1. The molecule has 0 amide bonds. The normalized spacial score (nSPS) is 11.2. The summed E-state index contributed by atoms with van der Waals surface area (Å²) in [6.07, 6.45) is 0. The Hall–Kier alpha value is -1.81. The monoisotopic (exact) mass is 310 g/mol. The van der Waals surface area contributed by atoms with E-state index in [4.69, 9.17) is 21.3 Å². The summed E-state index contributed by atoms with van der Waals surface area (Å²) in [7, 11) is -3.70. The van der Waals surface area contributed by atoms with E-state index in [2.05, 4.69) is 4.72 Å². The Kier molecular flexibility index (Phi) is 4.14. The summed E-state index contributed by atoms with van der Waals surface area (Å²) in [5.41, 5.74) is 0.229. The van der Waals surface area contributed by atoms with E-state index in [1.165, 1.54) is 18.2 Å². The van der Waals surface area contributed by atoms with E-state index in [0.29, 0.717) is 11.5 Å². The smallest absolute Gasteiger partial charge is 0.241 e. The van der Waals surface area contributed by atoms with Gasteiger partial charge in [0.05, 0.1) is 22.0 Å². The van der Waals surface area contributed by atoms with E-state index in [-0.39, 0.29) is 22.0 Å². The molecule has 2 rings (SSSR count). The molecule has 1 N–H and O–H groups in total. The molecule has 104 valence electrons. The molecule has 0 radical (unpaired) electrons. The number of furan rings is 1. The molecule has 0 saturated heterocycles. The first-order chi connectivity index (χ1) is 9.42. The molecule has 5 nitrogen and oxygen atoms in total. The van der Waals surface area contributed by atoms with Crippen molar-refractivity contribution >= 4 is 21.6 Å². The Labute approximate surface area is 121 Å². The minimum atomic E-state index is -3.70. The lowest BCUT2D eigenvalue weighted by molar-refractivity contribution is 0.475. The van der Waals surface area contributed by atoms with Gasteiger partial charge in [0.25, 0.3) is 0 Å². The van der Waals surface area contributed by atoms with Gasteiger partial charge in [0, 0.05) is 0 Å². The molecule has 2 aromatic rings. The van der Waals surface area contributed by atoms with Crippen LogP contribution in [0.4, 0.5) is 0 Å². The number of aryl methyl sites for hydroxylation is 1. The lowest BCUT2D eigenvalue weighted by Crippen LogP contribution is -2.23. The van der Waals surface area contributed by atoms with Crippen LogP contribution < -0.4 is 4.72 Å². The Morgan fingerprint density at radius 2 is 2.10 bits per heavy atom. The highest BCUT2D eigenvalue weighted by Gasteiger charge is 2.16. The first kappa shape index (κ1) is 14.6. The number of nitrogens with one attached hydrogen (secondary N) is 1. The van der Waals surface area contributed by atoms with Crippen LogP contribution in [0.5, 0.6) is 0 Å². The van der Waals surface area contributed by atoms with Gasteiger partial charge >= 0.3 is 0 Å². The van der Waals surface area contributed by atoms with Crippen LogP contribution in [0.3, 0.4) is 0 Å². The van der Waals surface area contributed by atoms with Gasteiger partial charge in [-0.3, -0.25) is 0 Å². The number of nitrogens with zero attached hydrogens (tertiary/aromatic N) is 1. The summed E-state index contributed by atoms with van der Waals surface area (Å²) < 4.78 is 31.8. The molecule has 7 heteroatoms. The number of rotatable bonds is 4. The molecular formula is C13H11ClN2O3S. The molecule has 0 bridgehead atoms. The van der Waals surface area contributed by atoms with E-state index in [0.717, 1.165) is 0 Å². The predicted molar refractivity (Wildman–Crippen MR) is 73.6 cm³/mol. The summed E-state index contributed by atoms with van der Waals surface area (Å²) >= 11 is 5.82. The van der Waals surface area contributed by atoms with Gasteiger partial charge in [-0.2, -0.15) is 5.26 Å². The third-order valence-corrected chi connectivity index (χ3v) is 4.32. The van der Waals surface area contributed by atoms with Gasteiger partial charge in [-0.25, -0.2) is 13.1 Å². The zero-order valence-electron chi connectivity index (χ0n) is 10.6. The third-order valence-electron chi connectivity index (χ3n) is 2.60. The summed E-state index contributed by atoms with van der Waals surface area (Å²) in [4.78, 5) is 0.00442. The van der Waals surface area contributed by atoms with Crippen molar-refractivity contribution in [3.63, 3.8) is 0 Å². The van der Waals surface area contributed by atoms with Crippen molar-refractivity contribution in [2.75, 3.05) is 0 Å². The first-order valence-electron chi connectivity index (χ1n) is 5.67. The van der Waals surface area contributed by atoms with E-state index in [1.54, 1.807) is 19.1 Å². The molecular weight excluding hydrogens is 300 g/mol. The zero-order valence-corrected chi connectivity index (χ0v) is 12.1. The van der Waals surface area contributed by atoms with Crippen LogP contribution >= 0.6 is 11.6 Å². The van der Waals surface area contributed by atoms with Crippen LogP contribution in [-0.4, -0.2) is 8.42 Å². The fraction of sp³-hybridized carbons (Fsp3) is 0.154. The second-order valence-electron chi connectivity index (χ2n) is 4.09. The number of hydrogen-bond donors (Lipinski definition) is 1. The van der Waals surface area contributed by atoms with E-state index < -0.39 is 10.0 Å². The lowest BCUT2D eigenvalue weighted by atomic mass is 10.2. The van der Waals surface area contributed by atoms with Gasteiger partial charge in [0.1, 0.15) is 17.6 Å². The van der Waals surface area contributed by atoms with E-state index in [9.17, 15) is 8.42 Å². The maximum absolute atomic E-state index is 12.1. The number of benzene rings is 1. The number of nitriles is 1. The maximum Gasteiger partial charge on any atom is 0.241 e. The number of sulfonamides is 1. The third kappa shape index (κ3) is 3.20. The molecule has 0 aliphatic carbocycles. The average Bonchev–Trinajstić information content (AvgIpc) is 2.82.